The maximum Gasteiger partial charge on any atom is 0.410 e. The van der Waals surface area contributed by atoms with Gasteiger partial charge >= 0.3 is 6.09 Å². The van der Waals surface area contributed by atoms with Crippen molar-refractivity contribution >= 4 is 21.8 Å². The van der Waals surface area contributed by atoms with Crippen LogP contribution in [0.2, 0.25) is 0 Å². The standard InChI is InChI=1S/C29H31FN4O4S/c1-29(2,3)38-28(35)33(4)19-22-14-27(25-12-8-9-13-26(25)30)34(20-22)39(36,37)24-15-23(17-31-18-24)32-16-21-10-6-5-7-11-21/h5-15,17-18,20,32H,16,19H2,1-4H3. The second-order valence-corrected chi connectivity index (χ2v) is 11.9. The number of carbonyl (C=O) groups is 1. The Bertz CT molecular complexity index is 1560. The summed E-state index contributed by atoms with van der Waals surface area (Å²) in [6.45, 7) is 5.81. The molecule has 0 fully saturated rings. The smallest absolute Gasteiger partial charge is 0.410 e. The first-order chi connectivity index (χ1) is 18.4. The minimum atomic E-state index is -4.19. The molecule has 0 aliphatic rings. The van der Waals surface area contributed by atoms with Crippen LogP contribution < -0.4 is 5.32 Å². The molecule has 1 amide bonds. The lowest BCUT2D eigenvalue weighted by atomic mass is 10.1. The van der Waals surface area contributed by atoms with Crippen LogP contribution in [0.4, 0.5) is 14.9 Å². The topological polar surface area (TPSA) is 93.5 Å². The maximum atomic E-state index is 14.8. The Kier molecular flexibility index (Phi) is 8.06. The molecule has 1 N–H and O–H groups in total. The lowest BCUT2D eigenvalue weighted by molar-refractivity contribution is 0.0285. The first kappa shape index (κ1) is 27.8. The van der Waals surface area contributed by atoms with Crippen LogP contribution in [0, 0.1) is 5.82 Å². The number of nitrogens with one attached hydrogen (secondary N) is 1. The number of ether oxygens (including phenoxy) is 1. The molecule has 0 aliphatic heterocycles. The fourth-order valence-corrected chi connectivity index (χ4v) is 5.28. The average molecular weight is 551 g/mol. The monoisotopic (exact) mass is 550 g/mol. The number of carbonyl (C=O) groups excluding carboxylic acids is 1. The molecule has 0 atom stereocenters. The Hall–Kier alpha value is -4.18. The van der Waals surface area contributed by atoms with Crippen molar-refractivity contribution in [3.05, 3.63) is 102 Å². The van der Waals surface area contributed by atoms with Gasteiger partial charge in [0.15, 0.2) is 0 Å². The van der Waals surface area contributed by atoms with Gasteiger partial charge in [-0.25, -0.2) is 21.6 Å². The molecule has 0 radical (unpaired) electrons. The molecule has 2 aromatic heterocycles. The summed E-state index contributed by atoms with van der Waals surface area (Å²) < 4.78 is 49.0. The van der Waals surface area contributed by atoms with Gasteiger partial charge < -0.3 is 15.0 Å². The molecule has 0 spiro atoms. The van der Waals surface area contributed by atoms with E-state index in [1.54, 1.807) is 40.0 Å². The van der Waals surface area contributed by atoms with Crippen molar-refractivity contribution < 1.29 is 22.3 Å². The summed E-state index contributed by atoms with van der Waals surface area (Å²) in [6, 6.07) is 18.7. The summed E-state index contributed by atoms with van der Waals surface area (Å²) in [6.07, 6.45) is 3.62. The van der Waals surface area contributed by atoms with E-state index in [2.05, 4.69) is 10.3 Å². The lowest BCUT2D eigenvalue weighted by Gasteiger charge is -2.24. The van der Waals surface area contributed by atoms with Gasteiger partial charge in [0, 0.05) is 31.5 Å². The number of rotatable bonds is 8. The molecule has 39 heavy (non-hydrogen) atoms. The van der Waals surface area contributed by atoms with E-state index >= 15 is 0 Å². The minimum Gasteiger partial charge on any atom is -0.444 e. The van der Waals surface area contributed by atoms with Gasteiger partial charge in [0.2, 0.25) is 0 Å². The van der Waals surface area contributed by atoms with Gasteiger partial charge in [0.1, 0.15) is 16.3 Å². The molecular formula is C29H31FN4O4S. The zero-order chi connectivity index (χ0) is 28.2. The molecule has 2 heterocycles. The highest BCUT2D eigenvalue weighted by Crippen LogP contribution is 2.30. The molecule has 4 aromatic rings. The van der Waals surface area contributed by atoms with E-state index in [4.69, 9.17) is 4.74 Å². The summed E-state index contributed by atoms with van der Waals surface area (Å²) in [4.78, 5) is 17.9. The Balaban J connectivity index is 1.69. The average Bonchev–Trinajstić information content (AvgIpc) is 3.32. The highest BCUT2D eigenvalue weighted by molar-refractivity contribution is 7.90. The molecule has 10 heteroatoms. The largest absolute Gasteiger partial charge is 0.444 e. The molecule has 0 aliphatic carbocycles. The molecule has 0 saturated carbocycles. The van der Waals surface area contributed by atoms with E-state index in [-0.39, 0.29) is 22.7 Å². The predicted molar refractivity (Wildman–Crippen MR) is 148 cm³/mol. The van der Waals surface area contributed by atoms with Crippen LogP contribution in [0.3, 0.4) is 0 Å². The Morgan fingerprint density at radius 2 is 1.72 bits per heavy atom. The van der Waals surface area contributed by atoms with Crippen LogP contribution in [0.5, 0.6) is 0 Å². The van der Waals surface area contributed by atoms with Crippen LogP contribution in [-0.2, 0) is 27.8 Å². The van der Waals surface area contributed by atoms with E-state index < -0.39 is 27.5 Å². The van der Waals surface area contributed by atoms with Crippen LogP contribution >= 0.6 is 0 Å². The van der Waals surface area contributed by atoms with Gasteiger partial charge in [0.25, 0.3) is 10.0 Å². The summed E-state index contributed by atoms with van der Waals surface area (Å²) >= 11 is 0. The van der Waals surface area contributed by atoms with E-state index in [0.717, 1.165) is 9.54 Å². The molecule has 0 unspecified atom stereocenters. The van der Waals surface area contributed by atoms with Crippen molar-refractivity contribution in [2.24, 2.45) is 0 Å². The molecule has 4 rings (SSSR count). The van der Waals surface area contributed by atoms with Crippen LogP contribution in [0.25, 0.3) is 11.3 Å². The SMILES string of the molecule is CN(Cc1cc(-c2ccccc2F)n(S(=O)(=O)c2cncc(NCc3ccccc3)c2)c1)C(=O)OC(C)(C)C. The fraction of sp³-hybridized carbons (Fsp3) is 0.241. The van der Waals surface area contributed by atoms with Gasteiger partial charge in [-0.3, -0.25) is 4.98 Å². The highest BCUT2D eigenvalue weighted by atomic mass is 32.2. The Morgan fingerprint density at radius 1 is 1.03 bits per heavy atom. The van der Waals surface area contributed by atoms with Crippen molar-refractivity contribution in [2.75, 3.05) is 12.4 Å². The van der Waals surface area contributed by atoms with Crippen molar-refractivity contribution in [1.82, 2.24) is 13.9 Å². The maximum absolute atomic E-state index is 14.8. The Labute approximate surface area is 228 Å². The number of benzene rings is 2. The van der Waals surface area contributed by atoms with Gasteiger partial charge in [-0.2, -0.15) is 0 Å². The second-order valence-electron chi connectivity index (χ2n) is 10.1. The number of anilines is 1. The van der Waals surface area contributed by atoms with E-state index in [1.807, 2.05) is 30.3 Å². The van der Waals surface area contributed by atoms with Crippen molar-refractivity contribution in [3.63, 3.8) is 0 Å². The number of amides is 1. The first-order valence-corrected chi connectivity index (χ1v) is 13.8. The minimum absolute atomic E-state index is 0.0514. The zero-order valence-corrected chi connectivity index (χ0v) is 23.1. The van der Waals surface area contributed by atoms with Gasteiger partial charge in [-0.15, -0.1) is 0 Å². The highest BCUT2D eigenvalue weighted by Gasteiger charge is 2.26. The van der Waals surface area contributed by atoms with Gasteiger partial charge in [-0.05, 0) is 56.2 Å². The zero-order valence-electron chi connectivity index (χ0n) is 22.3. The van der Waals surface area contributed by atoms with Crippen molar-refractivity contribution in [1.29, 1.82) is 0 Å². The molecule has 204 valence electrons. The van der Waals surface area contributed by atoms with E-state index in [1.165, 1.54) is 47.8 Å². The third kappa shape index (κ3) is 6.83. The fourth-order valence-electron chi connectivity index (χ4n) is 3.90. The van der Waals surface area contributed by atoms with E-state index in [0.29, 0.717) is 17.8 Å². The molecule has 0 saturated heterocycles. The van der Waals surface area contributed by atoms with Crippen LogP contribution in [0.15, 0.2) is 90.2 Å². The number of aromatic nitrogens is 2. The number of pyridine rings is 1. The molecule has 8 nitrogen and oxygen atoms in total. The number of nitrogens with zero attached hydrogens (tertiary/aromatic N) is 3. The van der Waals surface area contributed by atoms with E-state index in [9.17, 15) is 17.6 Å². The molecule has 0 bridgehead atoms. The quantitative estimate of drug-likeness (QED) is 0.293. The number of hydrogen-bond acceptors (Lipinski definition) is 6. The summed E-state index contributed by atoms with van der Waals surface area (Å²) in [7, 11) is -2.64. The molecule has 2 aromatic carbocycles. The summed E-state index contributed by atoms with van der Waals surface area (Å²) in [5.41, 5.74) is 1.57. The first-order valence-electron chi connectivity index (χ1n) is 12.3. The third-order valence-corrected chi connectivity index (χ3v) is 7.37. The second kappa shape index (κ2) is 11.3. The lowest BCUT2D eigenvalue weighted by Crippen LogP contribution is -2.33. The number of halogens is 1. The van der Waals surface area contributed by atoms with Gasteiger partial charge in [-0.1, -0.05) is 42.5 Å². The Morgan fingerprint density at radius 3 is 2.41 bits per heavy atom. The van der Waals surface area contributed by atoms with Crippen molar-refractivity contribution in [3.8, 4) is 11.3 Å². The normalized spacial score (nSPS) is 11.7. The van der Waals surface area contributed by atoms with Crippen LogP contribution in [0.1, 0.15) is 31.9 Å². The predicted octanol–water partition coefficient (Wildman–Crippen LogP) is 5.91. The van der Waals surface area contributed by atoms with Crippen LogP contribution in [-0.4, -0.2) is 41.0 Å². The third-order valence-electron chi connectivity index (χ3n) is 5.73. The number of hydrogen-bond donors (Lipinski definition) is 1. The molecular weight excluding hydrogens is 519 g/mol. The summed E-state index contributed by atoms with van der Waals surface area (Å²) in [5, 5.41) is 3.19. The van der Waals surface area contributed by atoms with Crippen molar-refractivity contribution in [2.45, 2.75) is 44.4 Å². The summed E-state index contributed by atoms with van der Waals surface area (Å²) in [5.74, 6) is -0.574. The van der Waals surface area contributed by atoms with Gasteiger partial charge in [0.05, 0.1) is 24.1 Å².